The number of carbonyl (C=O) groups excluding carboxylic acids is 1. The number of amidine groups is 1. The van der Waals surface area contributed by atoms with Crippen molar-refractivity contribution < 1.29 is 9.53 Å². The number of fused-ring (bicyclic) bond motifs is 1. The predicted octanol–water partition coefficient (Wildman–Crippen LogP) is 7.25. The summed E-state index contributed by atoms with van der Waals surface area (Å²) in [4.78, 5) is 23.2. The number of nitrogens with zero attached hydrogens (tertiary/aromatic N) is 3. The molecule has 1 N–H and O–H groups in total. The summed E-state index contributed by atoms with van der Waals surface area (Å²) in [5.74, 6) is 1.68. The summed E-state index contributed by atoms with van der Waals surface area (Å²) >= 11 is 13.1. The minimum absolute atomic E-state index is 0.0154. The van der Waals surface area contributed by atoms with Crippen LogP contribution in [0, 0.1) is 5.92 Å². The number of hydrogen-bond donors (Lipinski definition) is 1. The van der Waals surface area contributed by atoms with E-state index in [1.807, 2.05) is 48.3 Å². The second kappa shape index (κ2) is 9.97. The average molecular weight is 554 g/mol. The lowest BCUT2D eigenvalue weighted by Gasteiger charge is -2.37. The number of benzene rings is 2. The summed E-state index contributed by atoms with van der Waals surface area (Å²) in [5.41, 5.74) is 5.19. The molecule has 1 aliphatic carbocycles. The number of nitrogens with one attached hydrogen (secondary N) is 1. The van der Waals surface area contributed by atoms with Crippen LogP contribution in [-0.2, 0) is 4.79 Å². The molecule has 8 heteroatoms. The highest BCUT2D eigenvalue weighted by atomic mass is 35.5. The first kappa shape index (κ1) is 26.6. The zero-order valence-electron chi connectivity index (χ0n) is 22.7. The van der Waals surface area contributed by atoms with Crippen LogP contribution in [0.1, 0.15) is 52.1 Å². The molecule has 1 saturated carbocycles. The summed E-state index contributed by atoms with van der Waals surface area (Å²) in [6, 6.07) is 11.1. The van der Waals surface area contributed by atoms with Crippen molar-refractivity contribution in [1.29, 1.82) is 0 Å². The Morgan fingerprint density at radius 1 is 1.16 bits per heavy atom. The summed E-state index contributed by atoms with van der Waals surface area (Å²) in [6.45, 7) is 9.26. The van der Waals surface area contributed by atoms with Crippen molar-refractivity contribution in [2.45, 2.75) is 52.1 Å². The van der Waals surface area contributed by atoms with Gasteiger partial charge >= 0.3 is 0 Å². The molecule has 2 aromatic carbocycles. The summed E-state index contributed by atoms with van der Waals surface area (Å²) in [6.07, 6.45) is 3.97. The molecule has 2 aromatic rings. The molecule has 1 amide bonds. The first-order chi connectivity index (χ1) is 18.1. The number of amides is 1. The van der Waals surface area contributed by atoms with Gasteiger partial charge in [-0.05, 0) is 70.4 Å². The van der Waals surface area contributed by atoms with Gasteiger partial charge in [0, 0.05) is 25.1 Å². The Bertz CT molecular complexity index is 1370. The Morgan fingerprint density at radius 3 is 2.39 bits per heavy atom. The number of halogens is 2. The number of aliphatic imine (C=N–C) groups is 1. The minimum Gasteiger partial charge on any atom is -0.497 e. The number of rotatable bonds is 5. The van der Waals surface area contributed by atoms with E-state index in [1.165, 1.54) is 5.57 Å². The molecule has 3 aliphatic rings. The van der Waals surface area contributed by atoms with E-state index in [0.717, 1.165) is 46.9 Å². The molecule has 200 valence electrons. The van der Waals surface area contributed by atoms with E-state index in [4.69, 9.17) is 32.9 Å². The lowest BCUT2D eigenvalue weighted by molar-refractivity contribution is -0.120. The third kappa shape index (κ3) is 4.48. The number of allylic oxidation sites excluding steroid dienone is 1. The van der Waals surface area contributed by atoms with Crippen LogP contribution in [0.4, 0.5) is 11.4 Å². The summed E-state index contributed by atoms with van der Waals surface area (Å²) in [7, 11) is 3.47. The summed E-state index contributed by atoms with van der Waals surface area (Å²) < 4.78 is 5.45. The quantitative estimate of drug-likeness (QED) is 0.396. The van der Waals surface area contributed by atoms with Crippen molar-refractivity contribution in [3.8, 4) is 5.75 Å². The van der Waals surface area contributed by atoms with E-state index in [1.54, 1.807) is 7.11 Å². The highest BCUT2D eigenvalue weighted by Crippen LogP contribution is 2.52. The molecule has 0 bridgehead atoms. The van der Waals surface area contributed by atoms with E-state index in [9.17, 15) is 4.79 Å². The minimum atomic E-state index is -0.442. The molecule has 2 aliphatic heterocycles. The van der Waals surface area contributed by atoms with Gasteiger partial charge in [0.05, 0.1) is 45.8 Å². The standard InChI is InChI=1S/C30H34Cl2N4O2/c1-17(2)13-14-35-28(33-5)25-26(18-9-11-20(38-6)12-10-18)36(29(37)19-7-8-19)24-16-22(32)21(31)15-23(24)34-27(25)30(35,3)4/h9-13,15-16,19,26,34H,7-8,14H2,1-6H3. The highest BCUT2D eigenvalue weighted by molar-refractivity contribution is 6.42. The first-order valence-corrected chi connectivity index (χ1v) is 13.7. The topological polar surface area (TPSA) is 57.2 Å². The smallest absolute Gasteiger partial charge is 0.231 e. The highest BCUT2D eigenvalue weighted by Gasteiger charge is 2.51. The average Bonchev–Trinajstić information content (AvgIpc) is 3.71. The van der Waals surface area contributed by atoms with Crippen LogP contribution in [0.5, 0.6) is 5.75 Å². The second-order valence-corrected chi connectivity index (χ2v) is 11.7. The Morgan fingerprint density at radius 2 is 1.82 bits per heavy atom. The molecule has 0 aromatic heterocycles. The van der Waals surface area contributed by atoms with Crippen molar-refractivity contribution >= 4 is 46.3 Å². The fourth-order valence-electron chi connectivity index (χ4n) is 5.41. The van der Waals surface area contributed by atoms with Gasteiger partial charge in [-0.25, -0.2) is 0 Å². The van der Waals surface area contributed by atoms with Gasteiger partial charge in [-0.3, -0.25) is 14.7 Å². The lowest BCUT2D eigenvalue weighted by atomic mass is 9.92. The van der Waals surface area contributed by atoms with Gasteiger partial charge in [0.25, 0.3) is 0 Å². The SMILES string of the molecule is CN=C1C2=C(Nc3cc(Cl)c(Cl)cc3N(C(=O)C3CC3)C2c2ccc(OC)cc2)C(C)(C)N1CC=C(C)C. The van der Waals surface area contributed by atoms with Crippen molar-refractivity contribution in [3.63, 3.8) is 0 Å². The maximum Gasteiger partial charge on any atom is 0.231 e. The van der Waals surface area contributed by atoms with Crippen LogP contribution in [0.15, 0.2) is 64.3 Å². The maximum atomic E-state index is 14.1. The Hall–Kier alpha value is -2.96. The molecule has 0 saturated heterocycles. The first-order valence-electron chi connectivity index (χ1n) is 12.9. The Balaban J connectivity index is 1.81. The van der Waals surface area contributed by atoms with Crippen molar-refractivity contribution in [2.75, 3.05) is 30.9 Å². The van der Waals surface area contributed by atoms with Gasteiger partial charge in [-0.15, -0.1) is 0 Å². The Kier molecular flexibility index (Phi) is 6.99. The van der Waals surface area contributed by atoms with E-state index >= 15 is 0 Å². The molecule has 2 heterocycles. The molecule has 6 nitrogen and oxygen atoms in total. The largest absolute Gasteiger partial charge is 0.497 e. The summed E-state index contributed by atoms with van der Waals surface area (Å²) in [5, 5.41) is 4.54. The van der Waals surface area contributed by atoms with Gasteiger partial charge in [0.2, 0.25) is 5.91 Å². The number of methoxy groups -OCH3 is 1. The van der Waals surface area contributed by atoms with Crippen molar-refractivity contribution in [2.24, 2.45) is 10.9 Å². The van der Waals surface area contributed by atoms with E-state index in [-0.39, 0.29) is 11.8 Å². The predicted molar refractivity (Wildman–Crippen MR) is 157 cm³/mol. The zero-order chi connectivity index (χ0) is 27.4. The molecule has 1 unspecified atom stereocenters. The van der Waals surface area contributed by atoms with E-state index < -0.39 is 11.6 Å². The lowest BCUT2D eigenvalue weighted by Crippen LogP contribution is -2.46. The number of anilines is 2. The van der Waals surface area contributed by atoms with Gasteiger partial charge in [-0.2, -0.15) is 0 Å². The van der Waals surface area contributed by atoms with Crippen LogP contribution >= 0.6 is 23.2 Å². The molecule has 0 radical (unpaired) electrons. The van der Waals surface area contributed by atoms with Crippen LogP contribution in [-0.4, -0.2) is 42.9 Å². The second-order valence-electron chi connectivity index (χ2n) is 10.9. The molecule has 1 fully saturated rings. The maximum absolute atomic E-state index is 14.1. The fraction of sp³-hybridized carbons (Fsp3) is 0.400. The number of ether oxygens (including phenoxy) is 1. The van der Waals surface area contributed by atoms with E-state index in [0.29, 0.717) is 22.3 Å². The molecule has 0 spiro atoms. The molecule has 1 atom stereocenters. The van der Waals surface area contributed by atoms with Crippen LogP contribution in [0.2, 0.25) is 10.0 Å². The molecular weight excluding hydrogens is 519 g/mol. The third-order valence-corrected chi connectivity index (χ3v) is 8.35. The van der Waals surface area contributed by atoms with Gasteiger partial charge in [-0.1, -0.05) is 47.0 Å². The monoisotopic (exact) mass is 552 g/mol. The third-order valence-electron chi connectivity index (χ3n) is 7.63. The van der Waals surface area contributed by atoms with Crippen molar-refractivity contribution in [1.82, 2.24) is 4.90 Å². The van der Waals surface area contributed by atoms with Gasteiger partial charge < -0.3 is 15.0 Å². The van der Waals surface area contributed by atoms with Crippen molar-refractivity contribution in [3.05, 3.63) is 74.9 Å². The molecule has 38 heavy (non-hydrogen) atoms. The molecule has 5 rings (SSSR count). The van der Waals surface area contributed by atoms with Gasteiger partial charge in [0.15, 0.2) is 0 Å². The normalized spacial score (nSPS) is 21.1. The zero-order valence-corrected chi connectivity index (χ0v) is 24.2. The molecular formula is C30H34Cl2N4O2. The van der Waals surface area contributed by atoms with Crippen LogP contribution < -0.4 is 15.0 Å². The van der Waals surface area contributed by atoms with E-state index in [2.05, 4.69) is 44.0 Å². The number of carbonyl (C=O) groups is 1. The number of hydrogen-bond acceptors (Lipinski definition) is 4. The fourth-order valence-corrected chi connectivity index (χ4v) is 5.73. The Labute approximate surface area is 235 Å². The van der Waals surface area contributed by atoms with Crippen LogP contribution in [0.25, 0.3) is 0 Å². The van der Waals surface area contributed by atoms with Crippen LogP contribution in [0.3, 0.4) is 0 Å². The van der Waals surface area contributed by atoms with Gasteiger partial charge in [0.1, 0.15) is 11.6 Å².